The lowest BCUT2D eigenvalue weighted by Crippen LogP contribution is -2.80. The van der Waals surface area contributed by atoms with Crippen molar-refractivity contribution in [2.24, 2.45) is 39.4 Å². The van der Waals surface area contributed by atoms with Crippen LogP contribution in [-0.2, 0) is 23.9 Å². The molecular weight excluding hydrogens is 496 g/mol. The van der Waals surface area contributed by atoms with Gasteiger partial charge in [0.05, 0.1) is 36.8 Å². The highest BCUT2D eigenvalue weighted by atomic mass is 16.6. The number of ether oxygens (including phenoxy) is 2. The number of rotatable bonds is 2. The van der Waals surface area contributed by atoms with E-state index in [2.05, 4.69) is 0 Å². The van der Waals surface area contributed by atoms with E-state index in [1.54, 1.807) is 26.8 Å². The summed E-state index contributed by atoms with van der Waals surface area (Å²) in [5.74, 6) is -4.49. The van der Waals surface area contributed by atoms with Crippen LogP contribution < -0.4 is 0 Å². The zero-order valence-electron chi connectivity index (χ0n) is 22.0. The van der Waals surface area contributed by atoms with E-state index in [-0.39, 0.29) is 31.7 Å². The highest BCUT2D eigenvalue weighted by molar-refractivity contribution is 5.96. The number of hydrogen-bond donors (Lipinski definition) is 4. The van der Waals surface area contributed by atoms with E-state index in [1.807, 2.05) is 0 Å². The summed E-state index contributed by atoms with van der Waals surface area (Å²) >= 11 is 0. The van der Waals surface area contributed by atoms with Gasteiger partial charge in [-0.15, -0.1) is 0 Å². The minimum Gasteiger partial charge on any atom is -0.472 e. The van der Waals surface area contributed by atoms with Crippen molar-refractivity contribution >= 4 is 17.5 Å². The molecule has 2 heterocycles. The van der Waals surface area contributed by atoms with Gasteiger partial charge in [-0.2, -0.15) is 0 Å². The Balaban J connectivity index is 1.53. The summed E-state index contributed by atoms with van der Waals surface area (Å²) in [6.07, 6.45) is -3.14. The van der Waals surface area contributed by atoms with Crippen LogP contribution >= 0.6 is 0 Å². The minimum atomic E-state index is -1.55. The Labute approximate surface area is 220 Å². The lowest BCUT2D eigenvalue weighted by molar-refractivity contribution is -0.371. The second kappa shape index (κ2) is 7.97. The Morgan fingerprint density at radius 2 is 1.71 bits per heavy atom. The topological polar surface area (TPSA) is 164 Å². The van der Waals surface area contributed by atoms with Crippen LogP contribution in [0.2, 0.25) is 0 Å². The van der Waals surface area contributed by atoms with Gasteiger partial charge in [0.1, 0.15) is 18.0 Å². The van der Waals surface area contributed by atoms with E-state index in [1.165, 1.54) is 19.5 Å². The summed E-state index contributed by atoms with van der Waals surface area (Å²) in [4.78, 5) is 40.2. The SMILES string of the molecule is CC(=O)O[C@@H]1C[C@H](O)[C@@]23CO[C@@H](O)[C@@]1(C)[C@@H]2C[C@@H](O)[C@@]1(C)[C@@H]2C(=O)C[C@@H](c4ccoc4)[C@]2(C)[C@@H](O)C(=O)[C@@H]13. The Hall–Kier alpha value is -2.11. The monoisotopic (exact) mass is 532 g/mol. The number of furan rings is 1. The van der Waals surface area contributed by atoms with Gasteiger partial charge in [0.25, 0.3) is 0 Å². The molecule has 0 amide bonds. The van der Waals surface area contributed by atoms with Crippen molar-refractivity contribution in [3.63, 3.8) is 0 Å². The molecule has 0 radical (unpaired) electrons. The van der Waals surface area contributed by atoms with Gasteiger partial charge in [-0.25, -0.2) is 0 Å². The van der Waals surface area contributed by atoms with Crippen LogP contribution in [0.25, 0.3) is 0 Å². The molecule has 5 aliphatic rings. The number of ketones is 2. The molecule has 10 nitrogen and oxygen atoms in total. The van der Waals surface area contributed by atoms with Gasteiger partial charge in [-0.3, -0.25) is 14.4 Å². The molecule has 1 aromatic rings. The van der Waals surface area contributed by atoms with Gasteiger partial charge >= 0.3 is 5.97 Å². The zero-order valence-corrected chi connectivity index (χ0v) is 22.0. The maximum absolute atomic E-state index is 14.4. The van der Waals surface area contributed by atoms with E-state index >= 15 is 0 Å². The summed E-state index contributed by atoms with van der Waals surface area (Å²) < 4.78 is 16.7. The van der Waals surface area contributed by atoms with Crippen molar-refractivity contribution in [3.8, 4) is 0 Å². The average Bonchev–Trinajstić information content (AvgIpc) is 3.46. The third-order valence-electron chi connectivity index (χ3n) is 11.6. The molecule has 6 rings (SSSR count). The first-order valence-corrected chi connectivity index (χ1v) is 13.4. The quantitative estimate of drug-likeness (QED) is 0.403. The van der Waals surface area contributed by atoms with Crippen molar-refractivity contribution < 1.29 is 48.7 Å². The lowest BCUT2D eigenvalue weighted by Gasteiger charge is -2.72. The van der Waals surface area contributed by atoms with Gasteiger partial charge < -0.3 is 34.3 Å². The molecule has 5 fully saturated rings. The van der Waals surface area contributed by atoms with E-state index in [9.17, 15) is 34.8 Å². The molecule has 208 valence electrons. The number of esters is 1. The number of hydrogen-bond acceptors (Lipinski definition) is 10. The molecule has 0 spiro atoms. The van der Waals surface area contributed by atoms with Gasteiger partial charge in [0.2, 0.25) is 0 Å². The Morgan fingerprint density at radius 1 is 1.00 bits per heavy atom. The maximum atomic E-state index is 14.4. The Morgan fingerprint density at radius 3 is 2.34 bits per heavy atom. The standard InChI is InChI=1S/C28H36O10/c1-12(29)38-19-9-18(32)28-11-37-24(35)26(19,3)16(28)8-17(31)27(4)21-15(30)7-14(13-5-6-36-10-13)25(21,2)23(34)20(33)22(27)28/h5-6,10,14,16-19,21-24,31-32,34-35H,7-9,11H2,1-4H3/t14-,16-,17+,18-,19+,21+,22-,23-,24+,25-,26-,27-,28+/m0/s1. The van der Waals surface area contributed by atoms with Crippen molar-refractivity contribution in [1.82, 2.24) is 0 Å². The van der Waals surface area contributed by atoms with Crippen molar-refractivity contribution in [3.05, 3.63) is 24.2 Å². The predicted molar refractivity (Wildman–Crippen MR) is 128 cm³/mol. The summed E-state index contributed by atoms with van der Waals surface area (Å²) in [6.45, 7) is 6.19. The molecule has 1 saturated heterocycles. The molecule has 4 aliphatic carbocycles. The van der Waals surface area contributed by atoms with Gasteiger partial charge in [-0.05, 0) is 24.0 Å². The maximum Gasteiger partial charge on any atom is 0.302 e. The predicted octanol–water partition coefficient (Wildman–Crippen LogP) is 0.943. The number of aliphatic hydroxyl groups excluding tert-OH is 4. The first-order valence-electron chi connectivity index (χ1n) is 13.4. The number of fused-ring (bicyclic) bond motifs is 3. The molecular formula is C28H36O10. The Bertz CT molecular complexity index is 1180. The van der Waals surface area contributed by atoms with Crippen LogP contribution in [0, 0.1) is 39.4 Å². The van der Waals surface area contributed by atoms with E-state index in [0.29, 0.717) is 5.56 Å². The first kappa shape index (κ1) is 26.1. The molecule has 4 saturated carbocycles. The number of carbonyl (C=O) groups is 3. The van der Waals surface area contributed by atoms with Gasteiger partial charge in [0.15, 0.2) is 12.1 Å². The largest absolute Gasteiger partial charge is 0.472 e. The molecule has 1 aromatic heterocycles. The number of carbonyl (C=O) groups excluding carboxylic acids is 3. The molecule has 4 N–H and O–H groups in total. The fourth-order valence-electron chi connectivity index (χ4n) is 10.0. The van der Waals surface area contributed by atoms with Crippen molar-refractivity contribution in [1.29, 1.82) is 0 Å². The molecule has 10 heteroatoms. The van der Waals surface area contributed by atoms with E-state index in [4.69, 9.17) is 13.9 Å². The van der Waals surface area contributed by atoms with Gasteiger partial charge in [-0.1, -0.05) is 20.8 Å². The minimum absolute atomic E-state index is 0.0490. The van der Waals surface area contributed by atoms with Crippen LogP contribution in [-0.4, -0.2) is 75.3 Å². The highest BCUT2D eigenvalue weighted by Crippen LogP contribution is 2.75. The van der Waals surface area contributed by atoms with Gasteiger partial charge in [0, 0.05) is 53.8 Å². The van der Waals surface area contributed by atoms with Crippen LogP contribution in [0.4, 0.5) is 0 Å². The van der Waals surface area contributed by atoms with Crippen molar-refractivity contribution in [2.45, 2.75) is 83.6 Å². The summed E-state index contributed by atoms with van der Waals surface area (Å²) in [7, 11) is 0. The van der Waals surface area contributed by atoms with E-state index < -0.39 is 87.8 Å². The lowest BCUT2D eigenvalue weighted by atomic mass is 9.33. The fraction of sp³-hybridized carbons (Fsp3) is 0.750. The summed E-state index contributed by atoms with van der Waals surface area (Å²) in [6, 6.07) is 1.73. The molecule has 1 aliphatic heterocycles. The second-order valence-electron chi connectivity index (χ2n) is 13.0. The Kier molecular flexibility index (Phi) is 5.48. The fourth-order valence-corrected chi connectivity index (χ4v) is 10.0. The highest BCUT2D eigenvalue weighted by Gasteiger charge is 2.81. The summed E-state index contributed by atoms with van der Waals surface area (Å²) in [5.41, 5.74) is -4.37. The number of Topliss-reactive ketones (excluding diaryl/α,β-unsaturated/α-hetero) is 2. The average molecular weight is 533 g/mol. The zero-order chi connectivity index (χ0) is 27.6. The normalized spacial score (nSPS) is 53.6. The number of aliphatic hydroxyl groups is 4. The van der Waals surface area contributed by atoms with Crippen LogP contribution in [0.15, 0.2) is 23.0 Å². The summed E-state index contributed by atoms with van der Waals surface area (Å²) in [5, 5.41) is 46.4. The third-order valence-corrected chi connectivity index (χ3v) is 11.6. The third kappa shape index (κ3) is 2.78. The smallest absolute Gasteiger partial charge is 0.302 e. The van der Waals surface area contributed by atoms with Crippen LogP contribution in [0.5, 0.6) is 0 Å². The first-order chi connectivity index (χ1) is 17.8. The van der Waals surface area contributed by atoms with Crippen LogP contribution in [0.3, 0.4) is 0 Å². The molecule has 0 unspecified atom stereocenters. The second-order valence-corrected chi connectivity index (χ2v) is 13.0. The molecule has 0 aromatic carbocycles. The van der Waals surface area contributed by atoms with Crippen LogP contribution in [0.1, 0.15) is 58.4 Å². The molecule has 38 heavy (non-hydrogen) atoms. The molecule has 13 atom stereocenters. The van der Waals surface area contributed by atoms with E-state index in [0.717, 1.165) is 0 Å². The molecule has 2 bridgehead atoms. The van der Waals surface area contributed by atoms with Crippen molar-refractivity contribution in [2.75, 3.05) is 6.61 Å².